The van der Waals surface area contributed by atoms with Crippen LogP contribution < -0.4 is 0 Å². The Morgan fingerprint density at radius 3 is 2.71 bits per heavy atom. The number of urea groups is 1. The number of thioether (sulfide) groups is 1. The van der Waals surface area contributed by atoms with E-state index in [0.717, 1.165) is 0 Å². The van der Waals surface area contributed by atoms with Gasteiger partial charge in [-0.15, -0.1) is 11.8 Å². The van der Waals surface area contributed by atoms with Crippen LogP contribution in [-0.4, -0.2) is 81.1 Å². The molecule has 7 nitrogen and oxygen atoms in total. The van der Waals surface area contributed by atoms with Crippen molar-refractivity contribution < 1.29 is 24.5 Å². The number of carbonyl (C=O) groups excluding carboxylic acids is 1. The Labute approximate surface area is 128 Å². The highest BCUT2D eigenvalue weighted by Crippen LogP contribution is 2.33. The van der Waals surface area contributed by atoms with Crippen molar-refractivity contribution in [2.24, 2.45) is 0 Å². The Kier molecular flexibility index (Phi) is 5.34. The van der Waals surface area contributed by atoms with Gasteiger partial charge >= 0.3 is 12.0 Å². The van der Waals surface area contributed by atoms with Crippen molar-refractivity contribution in [2.75, 3.05) is 25.5 Å². The fourth-order valence-corrected chi connectivity index (χ4v) is 4.01. The maximum Gasteiger partial charge on any atom is 0.327 e. The lowest BCUT2D eigenvalue weighted by Gasteiger charge is -2.41. The third-order valence-corrected chi connectivity index (χ3v) is 5.36. The Morgan fingerprint density at radius 2 is 2.14 bits per heavy atom. The Hall–Kier alpha value is -0.990. The Bertz CT molecular complexity index is 408. The number of aliphatic carboxylic acids is 1. The molecule has 2 aliphatic rings. The van der Waals surface area contributed by atoms with Crippen LogP contribution in [0.15, 0.2) is 0 Å². The first-order chi connectivity index (χ1) is 9.99. The van der Waals surface area contributed by atoms with Crippen LogP contribution >= 0.6 is 11.8 Å². The standard InChI is InChI=1S/C13H22N2O5S/c1-3-11-15(10(7-21-11)12(17)18)13(19)14-4-9(5-16)20-6-8(14)2/h8-11,16H,3-7H2,1-2H3,(H,17,18). The lowest BCUT2D eigenvalue weighted by atomic mass is 10.2. The van der Waals surface area contributed by atoms with E-state index in [0.29, 0.717) is 25.3 Å². The van der Waals surface area contributed by atoms with Gasteiger partial charge in [0.05, 0.1) is 37.3 Å². The molecule has 2 fully saturated rings. The molecule has 8 heteroatoms. The quantitative estimate of drug-likeness (QED) is 0.784. The van der Waals surface area contributed by atoms with Gasteiger partial charge in [0.15, 0.2) is 0 Å². The van der Waals surface area contributed by atoms with E-state index in [1.165, 1.54) is 16.7 Å². The monoisotopic (exact) mass is 318 g/mol. The number of amides is 2. The summed E-state index contributed by atoms with van der Waals surface area (Å²) < 4.78 is 5.43. The molecule has 0 saturated carbocycles. The molecule has 4 unspecified atom stereocenters. The maximum atomic E-state index is 12.8. The predicted octanol–water partition coefficient (Wildman–Crippen LogP) is 0.426. The highest BCUT2D eigenvalue weighted by molar-refractivity contribution is 8.00. The van der Waals surface area contributed by atoms with Gasteiger partial charge in [0.1, 0.15) is 6.04 Å². The van der Waals surface area contributed by atoms with Gasteiger partial charge in [-0.1, -0.05) is 6.92 Å². The number of aliphatic hydroxyl groups is 1. The van der Waals surface area contributed by atoms with Crippen LogP contribution in [-0.2, 0) is 9.53 Å². The zero-order valence-electron chi connectivity index (χ0n) is 12.3. The van der Waals surface area contributed by atoms with Crippen LogP contribution in [0.4, 0.5) is 4.79 Å². The van der Waals surface area contributed by atoms with Crippen molar-refractivity contribution >= 4 is 23.8 Å². The van der Waals surface area contributed by atoms with Gasteiger partial charge in [-0.25, -0.2) is 9.59 Å². The summed E-state index contributed by atoms with van der Waals surface area (Å²) >= 11 is 1.50. The van der Waals surface area contributed by atoms with Crippen molar-refractivity contribution in [2.45, 2.75) is 43.8 Å². The van der Waals surface area contributed by atoms with Gasteiger partial charge in [0.2, 0.25) is 0 Å². The molecule has 120 valence electrons. The van der Waals surface area contributed by atoms with Crippen LogP contribution in [0.5, 0.6) is 0 Å². The van der Waals surface area contributed by atoms with Crippen molar-refractivity contribution in [1.82, 2.24) is 9.80 Å². The second kappa shape index (κ2) is 6.85. The number of carboxylic acid groups (broad SMARTS) is 1. The largest absolute Gasteiger partial charge is 0.480 e. The lowest BCUT2D eigenvalue weighted by molar-refractivity contribution is -0.141. The molecule has 0 radical (unpaired) electrons. The number of hydrogen-bond donors (Lipinski definition) is 2. The highest BCUT2D eigenvalue weighted by atomic mass is 32.2. The van der Waals surface area contributed by atoms with Crippen LogP contribution in [0, 0.1) is 0 Å². The molecule has 2 aliphatic heterocycles. The van der Waals surface area contributed by atoms with Crippen molar-refractivity contribution in [1.29, 1.82) is 0 Å². The average molecular weight is 318 g/mol. The molecule has 2 amide bonds. The normalized spacial score (nSPS) is 33.3. The van der Waals surface area contributed by atoms with E-state index in [9.17, 15) is 19.8 Å². The zero-order valence-corrected chi connectivity index (χ0v) is 13.1. The van der Waals surface area contributed by atoms with Crippen LogP contribution in [0.2, 0.25) is 0 Å². The molecule has 0 aromatic heterocycles. The second-order valence-electron chi connectivity index (χ2n) is 5.38. The van der Waals surface area contributed by atoms with Crippen LogP contribution in [0.1, 0.15) is 20.3 Å². The summed E-state index contributed by atoms with van der Waals surface area (Å²) in [5.41, 5.74) is 0. The molecule has 0 aromatic carbocycles. The van der Waals surface area contributed by atoms with E-state index in [1.54, 1.807) is 4.90 Å². The molecule has 21 heavy (non-hydrogen) atoms. The molecule has 2 N–H and O–H groups in total. The van der Waals surface area contributed by atoms with Crippen molar-refractivity contribution in [3.05, 3.63) is 0 Å². The summed E-state index contributed by atoms with van der Waals surface area (Å²) in [6, 6.07) is -1.18. The average Bonchev–Trinajstić information content (AvgIpc) is 2.91. The SMILES string of the molecule is CCC1SCC(C(=O)O)N1C(=O)N1CC(CO)OCC1C. The minimum Gasteiger partial charge on any atom is -0.480 e. The second-order valence-corrected chi connectivity index (χ2v) is 6.59. The molecular formula is C13H22N2O5S. The number of nitrogens with zero attached hydrogens (tertiary/aromatic N) is 2. The third-order valence-electron chi connectivity index (χ3n) is 3.90. The van der Waals surface area contributed by atoms with Crippen molar-refractivity contribution in [3.8, 4) is 0 Å². The first-order valence-corrected chi connectivity index (χ1v) is 8.20. The van der Waals surface area contributed by atoms with Gasteiger partial charge in [-0.05, 0) is 13.3 Å². The summed E-state index contributed by atoms with van der Waals surface area (Å²) in [5.74, 6) is -0.548. The van der Waals surface area contributed by atoms with E-state index < -0.39 is 18.1 Å². The number of carboxylic acids is 1. The van der Waals surface area contributed by atoms with E-state index in [-0.39, 0.29) is 24.1 Å². The molecule has 0 bridgehead atoms. The molecule has 0 spiro atoms. The third kappa shape index (κ3) is 3.27. The van der Waals surface area contributed by atoms with Gasteiger partial charge in [-0.2, -0.15) is 0 Å². The van der Waals surface area contributed by atoms with Gasteiger partial charge in [-0.3, -0.25) is 4.90 Å². The van der Waals surface area contributed by atoms with Crippen LogP contribution in [0.3, 0.4) is 0 Å². The number of hydrogen-bond acceptors (Lipinski definition) is 5. The summed E-state index contributed by atoms with van der Waals surface area (Å²) in [4.78, 5) is 27.3. The van der Waals surface area contributed by atoms with E-state index >= 15 is 0 Å². The molecule has 0 aromatic rings. The minimum absolute atomic E-state index is 0.110. The number of ether oxygens (including phenoxy) is 1. The smallest absolute Gasteiger partial charge is 0.327 e. The molecule has 0 aliphatic carbocycles. The topological polar surface area (TPSA) is 90.3 Å². The lowest BCUT2D eigenvalue weighted by Crippen LogP contribution is -2.59. The summed E-state index contributed by atoms with van der Waals surface area (Å²) in [6.07, 6.45) is 0.311. The number of aliphatic hydroxyl groups excluding tert-OH is 1. The fourth-order valence-electron chi connectivity index (χ4n) is 2.67. The molecule has 2 saturated heterocycles. The van der Waals surface area contributed by atoms with Crippen molar-refractivity contribution in [3.63, 3.8) is 0 Å². The fraction of sp³-hybridized carbons (Fsp3) is 0.846. The van der Waals surface area contributed by atoms with Gasteiger partial charge in [0, 0.05) is 5.75 Å². The molecule has 2 heterocycles. The minimum atomic E-state index is -0.966. The highest BCUT2D eigenvalue weighted by Gasteiger charge is 2.44. The van der Waals surface area contributed by atoms with E-state index in [2.05, 4.69) is 0 Å². The first-order valence-electron chi connectivity index (χ1n) is 7.15. The molecule has 4 atom stereocenters. The van der Waals surface area contributed by atoms with E-state index in [1.807, 2.05) is 13.8 Å². The maximum absolute atomic E-state index is 12.8. The summed E-state index contributed by atoms with van der Waals surface area (Å²) in [6.45, 7) is 4.31. The van der Waals surface area contributed by atoms with Gasteiger partial charge in [0.25, 0.3) is 0 Å². The van der Waals surface area contributed by atoms with E-state index in [4.69, 9.17) is 4.74 Å². The molecular weight excluding hydrogens is 296 g/mol. The zero-order chi connectivity index (χ0) is 15.6. The number of rotatable bonds is 3. The number of carbonyl (C=O) groups is 2. The Balaban J connectivity index is 2.16. The predicted molar refractivity (Wildman–Crippen MR) is 78.2 cm³/mol. The summed E-state index contributed by atoms with van der Waals surface area (Å²) in [7, 11) is 0. The molecule has 2 rings (SSSR count). The van der Waals surface area contributed by atoms with Gasteiger partial charge < -0.3 is 19.8 Å². The van der Waals surface area contributed by atoms with Crippen LogP contribution in [0.25, 0.3) is 0 Å². The number of morpholine rings is 1. The Morgan fingerprint density at radius 1 is 1.43 bits per heavy atom. The first kappa shape index (κ1) is 16.4. The summed E-state index contributed by atoms with van der Waals surface area (Å²) in [5, 5.41) is 18.4.